The maximum atomic E-state index is 3.61. The monoisotopic (exact) mass is 330 g/mol. The van der Waals surface area contributed by atoms with E-state index in [1.807, 2.05) is 0 Å². The molecule has 3 rings (SSSR count). The minimum Gasteiger partial charge on any atom is -0.380 e. The molecule has 104 valence electrons. The Bertz CT molecular complexity index is 637. The van der Waals surface area contributed by atoms with Crippen LogP contribution in [0.15, 0.2) is 40.9 Å². The van der Waals surface area contributed by atoms with E-state index >= 15 is 0 Å². The first-order valence-corrected chi connectivity index (χ1v) is 7.76. The van der Waals surface area contributed by atoms with Gasteiger partial charge < -0.3 is 10.2 Å². The fourth-order valence-electron chi connectivity index (χ4n) is 2.69. The number of hydrogen-bond donors (Lipinski definition) is 1. The number of nitrogens with zero attached hydrogens (tertiary/aromatic N) is 1. The van der Waals surface area contributed by atoms with Crippen molar-refractivity contribution in [2.24, 2.45) is 0 Å². The van der Waals surface area contributed by atoms with Gasteiger partial charge >= 0.3 is 0 Å². The lowest BCUT2D eigenvalue weighted by Gasteiger charge is -2.13. The first-order valence-electron chi connectivity index (χ1n) is 6.96. The molecule has 1 aliphatic rings. The van der Waals surface area contributed by atoms with Gasteiger partial charge in [0.1, 0.15) is 0 Å². The van der Waals surface area contributed by atoms with Crippen molar-refractivity contribution in [1.82, 2.24) is 0 Å². The maximum absolute atomic E-state index is 3.61. The highest BCUT2D eigenvalue weighted by Gasteiger charge is 2.15. The SMILES string of the molecule is Cc1ccc(NCc2ccc3c(c2)CCN3C)c(Br)c1. The van der Waals surface area contributed by atoms with Crippen LogP contribution in [0.4, 0.5) is 11.4 Å². The highest BCUT2D eigenvalue weighted by molar-refractivity contribution is 9.10. The number of hydrogen-bond acceptors (Lipinski definition) is 2. The van der Waals surface area contributed by atoms with Gasteiger partial charge in [0.25, 0.3) is 0 Å². The van der Waals surface area contributed by atoms with Crippen LogP contribution < -0.4 is 10.2 Å². The largest absolute Gasteiger partial charge is 0.380 e. The lowest BCUT2D eigenvalue weighted by atomic mass is 10.1. The van der Waals surface area contributed by atoms with E-state index in [9.17, 15) is 0 Å². The average molecular weight is 331 g/mol. The van der Waals surface area contributed by atoms with Crippen LogP contribution in [0.1, 0.15) is 16.7 Å². The van der Waals surface area contributed by atoms with E-state index in [1.54, 1.807) is 0 Å². The summed E-state index contributed by atoms with van der Waals surface area (Å²) in [7, 11) is 2.16. The summed E-state index contributed by atoms with van der Waals surface area (Å²) in [5, 5.41) is 3.50. The Balaban J connectivity index is 1.73. The Labute approximate surface area is 128 Å². The fraction of sp³-hybridized carbons (Fsp3) is 0.294. The smallest absolute Gasteiger partial charge is 0.0487 e. The predicted octanol–water partition coefficient (Wildman–Crippen LogP) is 4.36. The molecule has 2 nitrogen and oxygen atoms in total. The first kappa shape index (κ1) is 13.5. The number of benzene rings is 2. The third kappa shape index (κ3) is 2.68. The Morgan fingerprint density at radius 1 is 1.20 bits per heavy atom. The van der Waals surface area contributed by atoms with Gasteiger partial charge in [-0.3, -0.25) is 0 Å². The molecule has 0 aliphatic carbocycles. The minimum atomic E-state index is 0.860. The summed E-state index contributed by atoms with van der Waals surface area (Å²) in [6, 6.07) is 13.2. The number of likely N-dealkylation sites (N-methyl/N-ethyl adjacent to an activating group) is 1. The van der Waals surface area contributed by atoms with Gasteiger partial charge in [-0.1, -0.05) is 18.2 Å². The fourth-order valence-corrected chi connectivity index (χ4v) is 3.32. The van der Waals surface area contributed by atoms with Gasteiger partial charge in [0.2, 0.25) is 0 Å². The molecule has 2 aromatic rings. The topological polar surface area (TPSA) is 15.3 Å². The molecule has 2 aromatic carbocycles. The van der Waals surface area contributed by atoms with Crippen LogP contribution >= 0.6 is 15.9 Å². The zero-order valence-corrected chi connectivity index (χ0v) is 13.5. The van der Waals surface area contributed by atoms with E-state index in [4.69, 9.17) is 0 Å². The van der Waals surface area contributed by atoms with E-state index in [0.29, 0.717) is 0 Å². The lowest BCUT2D eigenvalue weighted by Crippen LogP contribution is -2.12. The van der Waals surface area contributed by atoms with Gasteiger partial charge in [0, 0.05) is 36.0 Å². The van der Waals surface area contributed by atoms with Gasteiger partial charge in [-0.2, -0.15) is 0 Å². The molecule has 0 radical (unpaired) electrons. The molecule has 1 N–H and O–H groups in total. The van der Waals surface area contributed by atoms with E-state index in [2.05, 4.69) is 76.5 Å². The number of halogens is 1. The molecule has 1 aliphatic heterocycles. The van der Waals surface area contributed by atoms with Crippen molar-refractivity contribution in [2.75, 3.05) is 23.8 Å². The van der Waals surface area contributed by atoms with Gasteiger partial charge in [-0.25, -0.2) is 0 Å². The van der Waals surface area contributed by atoms with Crippen LogP contribution in [0.25, 0.3) is 0 Å². The summed E-state index contributed by atoms with van der Waals surface area (Å²) in [4.78, 5) is 2.32. The van der Waals surface area contributed by atoms with Crippen molar-refractivity contribution in [3.8, 4) is 0 Å². The first-order chi connectivity index (χ1) is 9.63. The van der Waals surface area contributed by atoms with Crippen LogP contribution in [0.3, 0.4) is 0 Å². The van der Waals surface area contributed by atoms with Crippen molar-refractivity contribution in [1.29, 1.82) is 0 Å². The number of rotatable bonds is 3. The van der Waals surface area contributed by atoms with Crippen molar-refractivity contribution in [3.05, 3.63) is 57.6 Å². The minimum absolute atomic E-state index is 0.860. The summed E-state index contributed by atoms with van der Waals surface area (Å²) in [5.74, 6) is 0. The summed E-state index contributed by atoms with van der Waals surface area (Å²) >= 11 is 3.61. The van der Waals surface area contributed by atoms with E-state index in [-0.39, 0.29) is 0 Å². The second-order valence-electron chi connectivity index (χ2n) is 5.47. The Morgan fingerprint density at radius 2 is 2.05 bits per heavy atom. The van der Waals surface area contributed by atoms with Gasteiger partial charge in [0.15, 0.2) is 0 Å². The molecule has 3 heteroatoms. The van der Waals surface area contributed by atoms with Gasteiger partial charge in [-0.05, 0) is 64.2 Å². The zero-order chi connectivity index (χ0) is 14.1. The summed E-state index contributed by atoms with van der Waals surface area (Å²) in [5.41, 5.74) is 6.60. The van der Waals surface area contributed by atoms with Crippen LogP contribution in [-0.2, 0) is 13.0 Å². The lowest BCUT2D eigenvalue weighted by molar-refractivity contribution is 0.955. The summed E-state index contributed by atoms with van der Waals surface area (Å²) in [6.45, 7) is 4.10. The molecule has 1 heterocycles. The maximum Gasteiger partial charge on any atom is 0.0487 e. The highest BCUT2D eigenvalue weighted by atomic mass is 79.9. The summed E-state index contributed by atoms with van der Waals surface area (Å²) < 4.78 is 1.12. The molecule has 0 atom stereocenters. The van der Waals surface area contributed by atoms with Crippen LogP contribution in [0.5, 0.6) is 0 Å². The predicted molar refractivity (Wildman–Crippen MR) is 89.6 cm³/mol. The molecule has 0 aromatic heterocycles. The average Bonchev–Trinajstić information content (AvgIpc) is 2.79. The normalized spacial score (nSPS) is 13.4. The second kappa shape index (κ2) is 5.49. The molecule has 0 saturated carbocycles. The van der Waals surface area contributed by atoms with Crippen molar-refractivity contribution >= 4 is 27.3 Å². The van der Waals surface area contributed by atoms with Gasteiger partial charge in [0.05, 0.1) is 0 Å². The molecule has 0 amide bonds. The molecular weight excluding hydrogens is 312 g/mol. The number of anilines is 2. The van der Waals surface area contributed by atoms with Crippen LogP contribution in [0.2, 0.25) is 0 Å². The Morgan fingerprint density at radius 3 is 2.85 bits per heavy atom. The molecule has 20 heavy (non-hydrogen) atoms. The van der Waals surface area contributed by atoms with Crippen LogP contribution in [-0.4, -0.2) is 13.6 Å². The van der Waals surface area contributed by atoms with Crippen molar-refractivity contribution in [3.63, 3.8) is 0 Å². The molecule has 0 spiro atoms. The number of fused-ring (bicyclic) bond motifs is 1. The standard InChI is InChI=1S/C17H19BrN2/c1-12-3-5-16(15(18)9-12)19-11-13-4-6-17-14(10-13)7-8-20(17)2/h3-6,9-10,19H,7-8,11H2,1-2H3. The van der Waals surface area contributed by atoms with Gasteiger partial charge in [-0.15, -0.1) is 0 Å². The molecule has 0 saturated heterocycles. The zero-order valence-electron chi connectivity index (χ0n) is 11.9. The molecule has 0 fully saturated rings. The Kier molecular flexibility index (Phi) is 3.70. The van der Waals surface area contributed by atoms with Crippen LogP contribution in [0, 0.1) is 6.92 Å². The second-order valence-corrected chi connectivity index (χ2v) is 6.33. The quantitative estimate of drug-likeness (QED) is 0.899. The number of aryl methyl sites for hydroxylation is 1. The third-order valence-electron chi connectivity index (χ3n) is 3.88. The van der Waals surface area contributed by atoms with Crippen molar-refractivity contribution < 1.29 is 0 Å². The van der Waals surface area contributed by atoms with E-state index in [0.717, 1.165) is 29.7 Å². The molecular formula is C17H19BrN2. The van der Waals surface area contributed by atoms with E-state index < -0.39 is 0 Å². The van der Waals surface area contributed by atoms with Crippen molar-refractivity contribution in [2.45, 2.75) is 19.9 Å². The van der Waals surface area contributed by atoms with E-state index in [1.165, 1.54) is 22.4 Å². The third-order valence-corrected chi connectivity index (χ3v) is 4.54. The summed E-state index contributed by atoms with van der Waals surface area (Å²) in [6.07, 6.45) is 1.16. The number of nitrogens with one attached hydrogen (secondary N) is 1. The highest BCUT2D eigenvalue weighted by Crippen LogP contribution is 2.28. The molecule has 0 bridgehead atoms. The molecule has 0 unspecified atom stereocenters. The Hall–Kier alpha value is -1.48.